The van der Waals surface area contributed by atoms with Gasteiger partial charge >= 0.3 is 0 Å². The highest BCUT2D eigenvalue weighted by atomic mass is 16.5. The molecular formula is C17H24N2O3. The van der Waals surface area contributed by atoms with Crippen LogP contribution in [0.5, 0.6) is 0 Å². The largest absolute Gasteiger partial charge is 0.379 e. The molecule has 1 amide bonds. The maximum atomic E-state index is 12.0. The summed E-state index contributed by atoms with van der Waals surface area (Å²) >= 11 is 0. The van der Waals surface area contributed by atoms with Gasteiger partial charge in [0.15, 0.2) is 0 Å². The zero-order valence-corrected chi connectivity index (χ0v) is 12.9. The van der Waals surface area contributed by atoms with Crippen LogP contribution in [0.4, 0.5) is 0 Å². The van der Waals surface area contributed by atoms with Gasteiger partial charge < -0.3 is 14.8 Å². The van der Waals surface area contributed by atoms with Crippen LogP contribution in [0.3, 0.4) is 0 Å². The molecule has 2 aliphatic rings. The zero-order chi connectivity index (χ0) is 15.2. The third kappa shape index (κ3) is 4.06. The number of rotatable bonds is 5. The molecule has 0 radical (unpaired) electrons. The number of carbonyl (C=O) groups excluding carboxylic acids is 1. The predicted molar refractivity (Wildman–Crippen MR) is 83.7 cm³/mol. The Morgan fingerprint density at radius 3 is 2.91 bits per heavy atom. The molecule has 120 valence electrons. The summed E-state index contributed by atoms with van der Waals surface area (Å²) in [6.07, 6.45) is 1.48. The molecule has 3 rings (SSSR count). The molecule has 5 nitrogen and oxygen atoms in total. The Morgan fingerprint density at radius 2 is 2.05 bits per heavy atom. The summed E-state index contributed by atoms with van der Waals surface area (Å²) in [6.45, 7) is 5.48. The van der Waals surface area contributed by atoms with Crippen molar-refractivity contribution in [1.29, 1.82) is 0 Å². The lowest BCUT2D eigenvalue weighted by atomic mass is 9.97. The molecule has 0 spiro atoms. The quantitative estimate of drug-likeness (QED) is 0.886. The summed E-state index contributed by atoms with van der Waals surface area (Å²) in [4.78, 5) is 14.3. The van der Waals surface area contributed by atoms with Gasteiger partial charge in [0.1, 0.15) is 6.10 Å². The molecule has 1 atom stereocenters. The number of hydrogen-bond acceptors (Lipinski definition) is 4. The normalized spacial score (nSPS) is 22.1. The first-order chi connectivity index (χ1) is 10.8. The Kier molecular flexibility index (Phi) is 5.43. The van der Waals surface area contributed by atoms with Crippen molar-refractivity contribution in [3.05, 3.63) is 35.4 Å². The van der Waals surface area contributed by atoms with Crippen LogP contribution < -0.4 is 5.32 Å². The van der Waals surface area contributed by atoms with E-state index in [4.69, 9.17) is 9.47 Å². The van der Waals surface area contributed by atoms with Crippen LogP contribution in [0.2, 0.25) is 0 Å². The highest BCUT2D eigenvalue weighted by Gasteiger charge is 2.21. The smallest absolute Gasteiger partial charge is 0.221 e. The summed E-state index contributed by atoms with van der Waals surface area (Å²) in [7, 11) is 0. The minimum atomic E-state index is -0.0164. The Labute approximate surface area is 131 Å². The van der Waals surface area contributed by atoms with Crippen LogP contribution in [-0.4, -0.2) is 56.8 Å². The summed E-state index contributed by atoms with van der Waals surface area (Å²) in [5.74, 6) is 0.0955. The van der Waals surface area contributed by atoms with Crippen LogP contribution in [-0.2, 0) is 20.7 Å². The first-order valence-electron chi connectivity index (χ1n) is 8.09. The van der Waals surface area contributed by atoms with Gasteiger partial charge in [0.2, 0.25) is 5.91 Å². The number of nitrogens with zero attached hydrogens (tertiary/aromatic N) is 1. The number of ether oxygens (including phenoxy) is 2. The van der Waals surface area contributed by atoms with E-state index in [1.165, 1.54) is 11.1 Å². The van der Waals surface area contributed by atoms with Crippen molar-refractivity contribution >= 4 is 5.91 Å². The van der Waals surface area contributed by atoms with Crippen LogP contribution in [0.25, 0.3) is 0 Å². The molecule has 1 saturated heterocycles. The van der Waals surface area contributed by atoms with Gasteiger partial charge in [-0.3, -0.25) is 9.69 Å². The summed E-state index contributed by atoms with van der Waals surface area (Å²) < 4.78 is 11.1. The van der Waals surface area contributed by atoms with Crippen LogP contribution >= 0.6 is 0 Å². The fourth-order valence-electron chi connectivity index (χ4n) is 3.03. The van der Waals surface area contributed by atoms with E-state index in [0.29, 0.717) is 13.0 Å². The number of amides is 1. The Balaban J connectivity index is 1.43. The van der Waals surface area contributed by atoms with Gasteiger partial charge in [-0.05, 0) is 17.5 Å². The number of fused-ring (bicyclic) bond motifs is 1. The molecule has 5 heteroatoms. The Bertz CT molecular complexity index is 500. The third-order valence-electron chi connectivity index (χ3n) is 4.34. The lowest BCUT2D eigenvalue weighted by Gasteiger charge is -2.27. The van der Waals surface area contributed by atoms with Gasteiger partial charge in [-0.15, -0.1) is 0 Å². The molecular weight excluding hydrogens is 280 g/mol. The Hall–Kier alpha value is -1.43. The fourth-order valence-corrected chi connectivity index (χ4v) is 3.03. The maximum Gasteiger partial charge on any atom is 0.221 e. The van der Waals surface area contributed by atoms with E-state index in [1.807, 2.05) is 6.07 Å². The minimum Gasteiger partial charge on any atom is -0.379 e. The first-order valence-corrected chi connectivity index (χ1v) is 8.09. The lowest BCUT2D eigenvalue weighted by molar-refractivity contribution is -0.122. The monoisotopic (exact) mass is 304 g/mol. The van der Waals surface area contributed by atoms with Crippen molar-refractivity contribution in [2.45, 2.75) is 18.9 Å². The van der Waals surface area contributed by atoms with Gasteiger partial charge in [0.25, 0.3) is 0 Å². The molecule has 1 aromatic carbocycles. The van der Waals surface area contributed by atoms with Crippen molar-refractivity contribution in [1.82, 2.24) is 10.2 Å². The lowest BCUT2D eigenvalue weighted by Crippen LogP contribution is -2.39. The number of hydrogen-bond donors (Lipinski definition) is 1. The average Bonchev–Trinajstić information content (AvgIpc) is 2.59. The van der Waals surface area contributed by atoms with Gasteiger partial charge in [0, 0.05) is 32.6 Å². The van der Waals surface area contributed by atoms with Crippen molar-refractivity contribution < 1.29 is 14.3 Å². The number of morpholine rings is 1. The average molecular weight is 304 g/mol. The third-order valence-corrected chi connectivity index (χ3v) is 4.34. The second-order valence-corrected chi connectivity index (χ2v) is 5.82. The maximum absolute atomic E-state index is 12.0. The molecule has 0 aliphatic carbocycles. The van der Waals surface area contributed by atoms with Crippen molar-refractivity contribution in [2.75, 3.05) is 46.0 Å². The molecule has 1 aromatic rings. The van der Waals surface area contributed by atoms with Crippen molar-refractivity contribution in [3.8, 4) is 0 Å². The Morgan fingerprint density at radius 1 is 1.23 bits per heavy atom. The molecule has 0 saturated carbocycles. The van der Waals surface area contributed by atoms with E-state index in [1.54, 1.807) is 0 Å². The van der Waals surface area contributed by atoms with E-state index in [2.05, 4.69) is 28.4 Å². The molecule has 2 aliphatic heterocycles. The number of nitrogens with one attached hydrogen (secondary N) is 1. The van der Waals surface area contributed by atoms with Crippen LogP contribution in [0, 0.1) is 0 Å². The van der Waals surface area contributed by atoms with Crippen LogP contribution in [0.1, 0.15) is 23.7 Å². The molecule has 1 N–H and O–H groups in total. The van der Waals surface area contributed by atoms with Gasteiger partial charge in [-0.25, -0.2) is 0 Å². The summed E-state index contributed by atoms with van der Waals surface area (Å²) in [5, 5.41) is 3.01. The molecule has 0 unspecified atom stereocenters. The van der Waals surface area contributed by atoms with E-state index >= 15 is 0 Å². The molecule has 1 fully saturated rings. The summed E-state index contributed by atoms with van der Waals surface area (Å²) in [6, 6.07) is 8.33. The van der Waals surface area contributed by atoms with E-state index in [-0.39, 0.29) is 12.0 Å². The standard InChI is InChI=1S/C17H24N2O3/c20-17(5-7-19-8-11-21-12-9-19)18-13-16-15-4-2-1-3-14(15)6-10-22-16/h1-4,16H,5-13H2,(H,18,20)/t16-/m1/s1. The molecule has 2 heterocycles. The van der Waals surface area contributed by atoms with E-state index < -0.39 is 0 Å². The van der Waals surface area contributed by atoms with Crippen LogP contribution in [0.15, 0.2) is 24.3 Å². The highest BCUT2D eigenvalue weighted by molar-refractivity contribution is 5.76. The van der Waals surface area contributed by atoms with Gasteiger partial charge in [0.05, 0.1) is 19.8 Å². The van der Waals surface area contributed by atoms with E-state index in [0.717, 1.165) is 45.9 Å². The summed E-state index contributed by atoms with van der Waals surface area (Å²) in [5.41, 5.74) is 2.54. The predicted octanol–water partition coefficient (Wildman–Crippen LogP) is 1.14. The molecule has 22 heavy (non-hydrogen) atoms. The fraction of sp³-hybridized carbons (Fsp3) is 0.588. The molecule has 0 aromatic heterocycles. The zero-order valence-electron chi connectivity index (χ0n) is 12.9. The first kappa shape index (κ1) is 15.5. The SMILES string of the molecule is O=C(CCN1CCOCC1)NC[C@H]1OCCc2ccccc21. The number of benzene rings is 1. The topological polar surface area (TPSA) is 50.8 Å². The van der Waals surface area contributed by atoms with Gasteiger partial charge in [-0.1, -0.05) is 24.3 Å². The second-order valence-electron chi connectivity index (χ2n) is 5.82. The minimum absolute atomic E-state index is 0.0164. The number of carbonyl (C=O) groups is 1. The van der Waals surface area contributed by atoms with Gasteiger partial charge in [-0.2, -0.15) is 0 Å². The van der Waals surface area contributed by atoms with Crippen molar-refractivity contribution in [2.24, 2.45) is 0 Å². The highest BCUT2D eigenvalue weighted by Crippen LogP contribution is 2.26. The molecule has 0 bridgehead atoms. The van der Waals surface area contributed by atoms with Crippen molar-refractivity contribution in [3.63, 3.8) is 0 Å². The van der Waals surface area contributed by atoms with E-state index in [9.17, 15) is 4.79 Å². The second kappa shape index (κ2) is 7.72.